The van der Waals surface area contributed by atoms with Gasteiger partial charge in [-0.3, -0.25) is 14.5 Å². The third kappa shape index (κ3) is 4.89. The number of aromatic nitrogens is 2. The number of ether oxygens (including phenoxy) is 1. The molecule has 0 saturated carbocycles. The van der Waals surface area contributed by atoms with E-state index in [4.69, 9.17) is 9.72 Å². The summed E-state index contributed by atoms with van der Waals surface area (Å²) in [7, 11) is 0. The summed E-state index contributed by atoms with van der Waals surface area (Å²) in [6.45, 7) is 8.55. The standard InChI is InChI=1S/C25H29BrN4O3S/c1-25(2)13-17-20(18(31)14-25)19(15-3-5-16(26)6-4-15)21-22(27-17)28-24(29-23(21)32)34-12-9-30-7-10-33-11-8-30/h3-6,19H,7-14H2,1-2H3,(H2,27,28,29,32)/t19-/m1/s1. The highest BCUT2D eigenvalue weighted by Crippen LogP contribution is 2.47. The first-order valence-corrected chi connectivity index (χ1v) is 13.4. The van der Waals surface area contributed by atoms with Crippen LogP contribution >= 0.6 is 27.7 Å². The zero-order valence-corrected chi connectivity index (χ0v) is 21.9. The van der Waals surface area contributed by atoms with E-state index in [2.05, 4.69) is 45.0 Å². The molecule has 3 heterocycles. The van der Waals surface area contributed by atoms with Gasteiger partial charge in [-0.2, -0.15) is 0 Å². The second-order valence-electron chi connectivity index (χ2n) is 9.88. The Hall–Kier alpha value is -1.94. The van der Waals surface area contributed by atoms with Crippen LogP contribution in [0.1, 0.15) is 43.7 Å². The fraction of sp³-hybridized carbons (Fsp3) is 0.480. The van der Waals surface area contributed by atoms with Crippen LogP contribution < -0.4 is 10.9 Å². The smallest absolute Gasteiger partial charge is 0.257 e. The first-order valence-electron chi connectivity index (χ1n) is 11.7. The van der Waals surface area contributed by atoms with Gasteiger partial charge in [-0.25, -0.2) is 4.98 Å². The highest BCUT2D eigenvalue weighted by atomic mass is 79.9. The van der Waals surface area contributed by atoms with Crippen molar-refractivity contribution in [3.8, 4) is 0 Å². The fourth-order valence-corrected chi connectivity index (χ4v) is 6.17. The zero-order valence-electron chi connectivity index (χ0n) is 19.4. The molecule has 1 aliphatic carbocycles. The number of allylic oxidation sites excluding steroid dienone is 2. The van der Waals surface area contributed by atoms with Crippen molar-refractivity contribution in [2.45, 2.75) is 37.8 Å². The molecule has 1 saturated heterocycles. The number of morpholine rings is 1. The topological polar surface area (TPSA) is 87.3 Å². The lowest BCUT2D eigenvalue weighted by molar-refractivity contribution is -0.118. The number of nitrogens with one attached hydrogen (secondary N) is 2. The molecule has 0 bridgehead atoms. The van der Waals surface area contributed by atoms with E-state index >= 15 is 0 Å². The minimum atomic E-state index is -0.424. The molecule has 1 atom stereocenters. The number of carbonyl (C=O) groups is 1. The van der Waals surface area contributed by atoms with Gasteiger partial charge in [-0.05, 0) is 29.5 Å². The molecule has 34 heavy (non-hydrogen) atoms. The summed E-state index contributed by atoms with van der Waals surface area (Å²) in [6, 6.07) is 7.86. The molecule has 1 aromatic heterocycles. The number of aromatic amines is 1. The molecular weight excluding hydrogens is 516 g/mol. The molecule has 180 valence electrons. The van der Waals surface area contributed by atoms with Crippen LogP contribution in [0.15, 0.2) is 50.0 Å². The predicted molar refractivity (Wildman–Crippen MR) is 137 cm³/mol. The number of Topliss-reactive ketones (excluding diaryl/α,β-unsaturated/α-hetero) is 1. The van der Waals surface area contributed by atoms with Gasteiger partial charge in [0.2, 0.25) is 0 Å². The van der Waals surface area contributed by atoms with Crippen LogP contribution in [-0.2, 0) is 9.53 Å². The molecule has 2 N–H and O–H groups in total. The minimum absolute atomic E-state index is 0.0979. The molecule has 2 aliphatic heterocycles. The molecular formula is C25H29BrN4O3S. The van der Waals surface area contributed by atoms with E-state index in [1.807, 2.05) is 24.3 Å². The van der Waals surface area contributed by atoms with Crippen LogP contribution in [0.3, 0.4) is 0 Å². The van der Waals surface area contributed by atoms with Crippen LogP contribution in [0, 0.1) is 5.41 Å². The van der Waals surface area contributed by atoms with Crippen LogP contribution in [0.2, 0.25) is 0 Å². The van der Waals surface area contributed by atoms with Crippen molar-refractivity contribution in [3.63, 3.8) is 0 Å². The maximum absolute atomic E-state index is 13.4. The van der Waals surface area contributed by atoms with E-state index in [1.165, 1.54) is 0 Å². The zero-order chi connectivity index (χ0) is 23.9. The normalized spacial score (nSPS) is 22.2. The van der Waals surface area contributed by atoms with Gasteiger partial charge in [-0.1, -0.05) is 53.7 Å². The number of H-pyrrole nitrogens is 1. The van der Waals surface area contributed by atoms with Crippen LogP contribution in [0.25, 0.3) is 0 Å². The van der Waals surface area contributed by atoms with E-state index in [0.29, 0.717) is 28.5 Å². The molecule has 0 radical (unpaired) electrons. The van der Waals surface area contributed by atoms with Gasteiger partial charge in [0.05, 0.1) is 18.8 Å². The first kappa shape index (κ1) is 23.8. The molecule has 1 aromatic carbocycles. The average Bonchev–Trinajstić information content (AvgIpc) is 2.78. The number of fused-ring (bicyclic) bond motifs is 1. The van der Waals surface area contributed by atoms with Gasteiger partial charge in [0, 0.05) is 53.5 Å². The number of hydrogen-bond acceptors (Lipinski definition) is 7. The predicted octanol–water partition coefficient (Wildman–Crippen LogP) is 4.16. The highest BCUT2D eigenvalue weighted by molar-refractivity contribution is 9.10. The molecule has 0 unspecified atom stereocenters. The number of carbonyl (C=O) groups excluding carboxylic acids is 1. The van der Waals surface area contributed by atoms with Crippen molar-refractivity contribution in [1.29, 1.82) is 0 Å². The lowest BCUT2D eigenvalue weighted by atomic mass is 9.69. The lowest BCUT2D eigenvalue weighted by Gasteiger charge is -2.38. The van der Waals surface area contributed by atoms with E-state index in [-0.39, 0.29) is 16.8 Å². The molecule has 9 heteroatoms. The molecule has 5 rings (SSSR count). The largest absolute Gasteiger partial charge is 0.379 e. The molecule has 7 nitrogen and oxygen atoms in total. The van der Waals surface area contributed by atoms with Crippen molar-refractivity contribution in [2.75, 3.05) is 43.9 Å². The Morgan fingerprint density at radius 1 is 1.18 bits per heavy atom. The third-order valence-corrected chi connectivity index (χ3v) is 8.04. The summed E-state index contributed by atoms with van der Waals surface area (Å²) in [5, 5.41) is 4.00. The monoisotopic (exact) mass is 544 g/mol. The second-order valence-corrected chi connectivity index (χ2v) is 11.9. The highest BCUT2D eigenvalue weighted by Gasteiger charge is 2.42. The van der Waals surface area contributed by atoms with Gasteiger partial charge in [0.1, 0.15) is 5.82 Å². The molecule has 2 aromatic rings. The number of thioether (sulfide) groups is 1. The average molecular weight is 546 g/mol. The van der Waals surface area contributed by atoms with Crippen LogP contribution in [0.5, 0.6) is 0 Å². The lowest BCUT2D eigenvalue weighted by Crippen LogP contribution is -2.37. The summed E-state index contributed by atoms with van der Waals surface area (Å²) in [5.74, 6) is 1.07. The van der Waals surface area contributed by atoms with Crippen molar-refractivity contribution >= 4 is 39.3 Å². The molecule has 3 aliphatic rings. The van der Waals surface area contributed by atoms with E-state index in [1.54, 1.807) is 11.8 Å². The Morgan fingerprint density at radius 2 is 1.91 bits per heavy atom. The van der Waals surface area contributed by atoms with E-state index in [0.717, 1.165) is 60.8 Å². The van der Waals surface area contributed by atoms with Crippen LogP contribution in [-0.4, -0.2) is 59.3 Å². The number of benzene rings is 1. The van der Waals surface area contributed by atoms with Gasteiger partial charge >= 0.3 is 0 Å². The second kappa shape index (κ2) is 9.60. The Labute approximate surface area is 211 Å². The minimum Gasteiger partial charge on any atom is -0.379 e. The van der Waals surface area contributed by atoms with Gasteiger partial charge in [0.25, 0.3) is 5.56 Å². The Bertz CT molecular complexity index is 1190. The number of rotatable bonds is 5. The third-order valence-electron chi connectivity index (χ3n) is 6.65. The quantitative estimate of drug-likeness (QED) is 0.431. The fourth-order valence-electron chi connectivity index (χ4n) is 5.05. The summed E-state index contributed by atoms with van der Waals surface area (Å²) >= 11 is 5.04. The number of hydrogen-bond donors (Lipinski definition) is 2. The Morgan fingerprint density at radius 3 is 2.65 bits per heavy atom. The SMILES string of the molecule is CC1(C)CC(=O)C2=C(C1)Nc1nc(SCCN3CCOCC3)[nH]c(=O)c1[C@@H]2c1ccc(Br)cc1. The summed E-state index contributed by atoms with van der Waals surface area (Å²) in [5.41, 5.74) is 2.71. The number of anilines is 1. The van der Waals surface area contributed by atoms with Crippen molar-refractivity contribution in [2.24, 2.45) is 5.41 Å². The molecule has 0 amide bonds. The van der Waals surface area contributed by atoms with Crippen molar-refractivity contribution < 1.29 is 9.53 Å². The Kier molecular flexibility index (Phi) is 6.72. The maximum Gasteiger partial charge on any atom is 0.257 e. The van der Waals surface area contributed by atoms with Crippen LogP contribution in [0.4, 0.5) is 5.82 Å². The first-order chi connectivity index (χ1) is 16.3. The van der Waals surface area contributed by atoms with Gasteiger partial charge < -0.3 is 15.0 Å². The number of nitrogens with zero attached hydrogens (tertiary/aromatic N) is 2. The summed E-state index contributed by atoms with van der Waals surface area (Å²) < 4.78 is 6.37. The molecule has 0 spiro atoms. The van der Waals surface area contributed by atoms with Crippen molar-refractivity contribution in [1.82, 2.24) is 14.9 Å². The van der Waals surface area contributed by atoms with Crippen molar-refractivity contribution in [3.05, 3.63) is 61.5 Å². The summed E-state index contributed by atoms with van der Waals surface area (Å²) in [4.78, 5) is 36.9. The van der Waals surface area contributed by atoms with Gasteiger partial charge in [-0.15, -0.1) is 0 Å². The maximum atomic E-state index is 13.4. The summed E-state index contributed by atoms with van der Waals surface area (Å²) in [6.07, 6.45) is 1.21. The molecule has 1 fully saturated rings. The Balaban J connectivity index is 1.49. The van der Waals surface area contributed by atoms with Gasteiger partial charge in [0.15, 0.2) is 10.9 Å². The van der Waals surface area contributed by atoms with E-state index in [9.17, 15) is 9.59 Å². The number of halogens is 1. The number of ketones is 1. The van der Waals surface area contributed by atoms with E-state index < -0.39 is 5.92 Å².